The molecule has 0 saturated heterocycles. The van der Waals surface area contributed by atoms with Crippen molar-refractivity contribution in [3.05, 3.63) is 80.4 Å². The number of benzene rings is 2. The minimum atomic E-state index is -0.901. The first kappa shape index (κ1) is 25.3. The van der Waals surface area contributed by atoms with Crippen LogP contribution in [0.4, 0.5) is 0 Å². The van der Waals surface area contributed by atoms with Gasteiger partial charge in [0.15, 0.2) is 11.5 Å². The lowest BCUT2D eigenvalue weighted by Crippen LogP contribution is -2.25. The lowest BCUT2D eigenvalue weighted by atomic mass is 9.83. The number of allylic oxidation sites excluding steroid dienone is 2. The molecule has 0 saturated carbocycles. The Bertz CT molecular complexity index is 1200. The quantitative estimate of drug-likeness (QED) is 0.467. The molecule has 0 aliphatic carbocycles. The third-order valence-corrected chi connectivity index (χ3v) is 5.81. The van der Waals surface area contributed by atoms with Gasteiger partial charge in [0.1, 0.15) is 24.0 Å². The van der Waals surface area contributed by atoms with Gasteiger partial charge in [-0.05, 0) is 38.5 Å². The fourth-order valence-corrected chi connectivity index (χ4v) is 4.04. The number of carbonyl (C=O) groups excluding carboxylic acids is 1. The second-order valence-corrected chi connectivity index (χ2v) is 8.06. The monoisotopic (exact) mass is 502 g/mol. The summed E-state index contributed by atoms with van der Waals surface area (Å²) in [5.41, 5.74) is 7.39. The maximum atomic E-state index is 12.8. The van der Waals surface area contributed by atoms with E-state index in [1.54, 1.807) is 32.0 Å². The number of nitrogens with two attached hydrogens (primary N) is 1. The van der Waals surface area contributed by atoms with Gasteiger partial charge in [-0.15, -0.1) is 0 Å². The van der Waals surface area contributed by atoms with Crippen LogP contribution in [0.5, 0.6) is 11.5 Å². The van der Waals surface area contributed by atoms with Crippen LogP contribution < -0.4 is 15.2 Å². The minimum absolute atomic E-state index is 0.0442. The van der Waals surface area contributed by atoms with Crippen LogP contribution in [0.2, 0.25) is 10.0 Å². The van der Waals surface area contributed by atoms with Gasteiger partial charge < -0.3 is 24.7 Å². The molecule has 2 aromatic rings. The minimum Gasteiger partial charge on any atom is -0.490 e. The third kappa shape index (κ3) is 5.24. The molecule has 1 aliphatic heterocycles. The van der Waals surface area contributed by atoms with Gasteiger partial charge in [-0.2, -0.15) is 5.26 Å². The molecule has 34 heavy (non-hydrogen) atoms. The second-order valence-electron chi connectivity index (χ2n) is 7.25. The molecule has 1 atom stereocenters. The van der Waals surface area contributed by atoms with Gasteiger partial charge in [0.05, 0.1) is 24.7 Å². The zero-order valence-electron chi connectivity index (χ0n) is 19.0. The maximum Gasteiger partial charge on any atom is 0.338 e. The lowest BCUT2D eigenvalue weighted by Gasteiger charge is -2.28. The summed E-state index contributed by atoms with van der Waals surface area (Å²) in [7, 11) is 0. The standard InChI is InChI=1S/C25H24Cl2N2O5/c1-4-31-20-10-16(19(27)11-21(20)33-13-15-8-6-7-9-18(15)26)23-17(12-28)24(29)34-14(3)22(23)25(30)32-5-2/h6-11,23H,4-5,13,29H2,1-3H3. The third-order valence-electron chi connectivity index (χ3n) is 5.12. The van der Waals surface area contributed by atoms with Crippen LogP contribution in [0, 0.1) is 11.3 Å². The summed E-state index contributed by atoms with van der Waals surface area (Å²) in [4.78, 5) is 12.8. The van der Waals surface area contributed by atoms with Gasteiger partial charge in [0.2, 0.25) is 5.88 Å². The lowest BCUT2D eigenvalue weighted by molar-refractivity contribution is -0.139. The van der Waals surface area contributed by atoms with Gasteiger partial charge >= 0.3 is 5.97 Å². The second kappa shape index (κ2) is 11.2. The summed E-state index contributed by atoms with van der Waals surface area (Å²) in [6, 6.07) is 12.6. The SMILES string of the molecule is CCOC(=O)C1=C(C)OC(N)=C(C#N)C1c1cc(OCC)c(OCc2ccccc2Cl)cc1Cl. The summed E-state index contributed by atoms with van der Waals surface area (Å²) < 4.78 is 22.4. The van der Waals surface area contributed by atoms with Crippen LogP contribution >= 0.6 is 23.2 Å². The molecular weight excluding hydrogens is 479 g/mol. The average molecular weight is 503 g/mol. The first-order chi connectivity index (χ1) is 16.3. The van der Waals surface area contributed by atoms with Crippen molar-refractivity contribution < 1.29 is 23.7 Å². The predicted octanol–water partition coefficient (Wildman–Crippen LogP) is 5.62. The highest BCUT2D eigenvalue weighted by molar-refractivity contribution is 6.32. The highest BCUT2D eigenvalue weighted by Crippen LogP contribution is 2.45. The number of ether oxygens (including phenoxy) is 4. The molecule has 0 spiro atoms. The van der Waals surface area contributed by atoms with Gasteiger partial charge in [-0.3, -0.25) is 0 Å². The Morgan fingerprint density at radius 2 is 1.82 bits per heavy atom. The van der Waals surface area contributed by atoms with Gasteiger partial charge in [-0.1, -0.05) is 41.4 Å². The summed E-state index contributed by atoms with van der Waals surface area (Å²) >= 11 is 12.9. The highest BCUT2D eigenvalue weighted by Gasteiger charge is 2.38. The zero-order chi connectivity index (χ0) is 24.8. The topological polar surface area (TPSA) is 104 Å². The molecule has 1 aliphatic rings. The Balaban J connectivity index is 2.09. The smallest absolute Gasteiger partial charge is 0.338 e. The van der Waals surface area contributed by atoms with E-state index in [1.807, 2.05) is 31.2 Å². The molecule has 1 unspecified atom stereocenters. The van der Waals surface area contributed by atoms with Crippen molar-refractivity contribution in [2.75, 3.05) is 13.2 Å². The number of carbonyl (C=O) groups is 1. The molecule has 0 aromatic heterocycles. The van der Waals surface area contributed by atoms with Gasteiger partial charge in [0, 0.05) is 21.7 Å². The Kier molecular flexibility index (Phi) is 8.32. The highest BCUT2D eigenvalue weighted by atomic mass is 35.5. The van der Waals surface area contributed by atoms with Crippen LogP contribution in [0.25, 0.3) is 0 Å². The van der Waals surface area contributed by atoms with E-state index >= 15 is 0 Å². The molecule has 1 heterocycles. The van der Waals surface area contributed by atoms with E-state index in [0.717, 1.165) is 5.56 Å². The Hall–Kier alpha value is -3.34. The number of halogens is 2. The molecule has 0 fully saturated rings. The molecule has 2 N–H and O–H groups in total. The molecule has 0 amide bonds. The van der Waals surface area contributed by atoms with Gasteiger partial charge in [-0.25, -0.2) is 4.79 Å². The van der Waals surface area contributed by atoms with Crippen LogP contribution in [0.1, 0.15) is 37.8 Å². The molecule has 0 bridgehead atoms. The fourth-order valence-electron chi connectivity index (χ4n) is 3.59. The maximum absolute atomic E-state index is 12.8. The molecule has 9 heteroatoms. The summed E-state index contributed by atoms with van der Waals surface area (Å²) in [6.07, 6.45) is 0. The Labute approximate surface area is 208 Å². The summed E-state index contributed by atoms with van der Waals surface area (Å²) in [5.74, 6) is -0.631. The zero-order valence-corrected chi connectivity index (χ0v) is 20.5. The van der Waals surface area contributed by atoms with E-state index in [1.165, 1.54) is 0 Å². The summed E-state index contributed by atoms with van der Waals surface area (Å²) in [5, 5.41) is 10.6. The van der Waals surface area contributed by atoms with E-state index in [2.05, 4.69) is 0 Å². The van der Waals surface area contributed by atoms with Gasteiger partial charge in [0.25, 0.3) is 0 Å². The van der Waals surface area contributed by atoms with Crippen molar-refractivity contribution in [1.29, 1.82) is 5.26 Å². The van der Waals surface area contributed by atoms with Crippen LogP contribution in [0.15, 0.2) is 59.2 Å². The van der Waals surface area contributed by atoms with E-state index in [9.17, 15) is 10.1 Å². The van der Waals surface area contributed by atoms with E-state index in [-0.39, 0.29) is 41.0 Å². The summed E-state index contributed by atoms with van der Waals surface area (Å²) in [6.45, 7) is 5.78. The average Bonchev–Trinajstić information content (AvgIpc) is 2.79. The van der Waals surface area contributed by atoms with E-state index in [0.29, 0.717) is 28.7 Å². The molecular formula is C25H24Cl2N2O5. The van der Waals surface area contributed by atoms with Crippen LogP contribution in [-0.4, -0.2) is 19.2 Å². The molecule has 7 nitrogen and oxygen atoms in total. The predicted molar refractivity (Wildman–Crippen MR) is 128 cm³/mol. The Morgan fingerprint density at radius 1 is 1.12 bits per heavy atom. The first-order valence-corrected chi connectivity index (χ1v) is 11.4. The van der Waals surface area contributed by atoms with Crippen molar-refractivity contribution in [2.45, 2.75) is 33.3 Å². The number of rotatable bonds is 8. The number of nitriles is 1. The largest absolute Gasteiger partial charge is 0.490 e. The molecule has 0 radical (unpaired) electrons. The number of nitrogens with zero attached hydrogens (tertiary/aromatic N) is 1. The Morgan fingerprint density at radius 3 is 2.47 bits per heavy atom. The van der Waals surface area contributed by atoms with Crippen molar-refractivity contribution in [3.63, 3.8) is 0 Å². The van der Waals surface area contributed by atoms with Crippen LogP contribution in [0.3, 0.4) is 0 Å². The van der Waals surface area contributed by atoms with Crippen LogP contribution in [-0.2, 0) is 20.9 Å². The molecule has 178 valence electrons. The molecule has 3 rings (SSSR count). The van der Waals surface area contributed by atoms with E-state index < -0.39 is 11.9 Å². The number of hydrogen-bond donors (Lipinski definition) is 1. The number of hydrogen-bond acceptors (Lipinski definition) is 7. The van der Waals surface area contributed by atoms with Crippen molar-refractivity contribution in [3.8, 4) is 17.6 Å². The molecule has 2 aromatic carbocycles. The van der Waals surface area contributed by atoms with Crippen molar-refractivity contribution >= 4 is 29.2 Å². The van der Waals surface area contributed by atoms with Crippen molar-refractivity contribution in [2.24, 2.45) is 5.73 Å². The fraction of sp³-hybridized carbons (Fsp3) is 0.280. The van der Waals surface area contributed by atoms with E-state index in [4.69, 9.17) is 47.9 Å². The normalized spacial score (nSPS) is 15.5. The number of esters is 1. The first-order valence-electron chi connectivity index (χ1n) is 10.6. The van der Waals surface area contributed by atoms with Crippen molar-refractivity contribution in [1.82, 2.24) is 0 Å².